The Labute approximate surface area is 152 Å². The molecular formula is C20H22N2O4. The number of hydrogen-bond donors (Lipinski definition) is 2. The fourth-order valence-corrected chi connectivity index (χ4v) is 2.65. The molecule has 6 heteroatoms. The molecule has 0 atom stereocenters. The van der Waals surface area contributed by atoms with Crippen molar-refractivity contribution in [1.29, 1.82) is 0 Å². The Bertz CT molecular complexity index is 762. The molecule has 2 N–H and O–H groups in total. The highest BCUT2D eigenvalue weighted by Crippen LogP contribution is 2.32. The van der Waals surface area contributed by atoms with Crippen LogP contribution >= 0.6 is 0 Å². The van der Waals surface area contributed by atoms with Gasteiger partial charge in [-0.15, -0.1) is 0 Å². The number of anilines is 1. The van der Waals surface area contributed by atoms with Crippen molar-refractivity contribution in [3.63, 3.8) is 0 Å². The molecule has 136 valence electrons. The van der Waals surface area contributed by atoms with E-state index in [2.05, 4.69) is 10.6 Å². The van der Waals surface area contributed by atoms with E-state index in [0.717, 1.165) is 5.56 Å². The lowest BCUT2D eigenvalue weighted by Crippen LogP contribution is -2.27. The molecule has 0 aromatic heterocycles. The van der Waals surface area contributed by atoms with Crippen LogP contribution in [0.3, 0.4) is 0 Å². The second-order valence-corrected chi connectivity index (χ2v) is 5.99. The lowest BCUT2D eigenvalue weighted by Gasteiger charge is -2.19. The minimum atomic E-state index is -0.162. The third kappa shape index (κ3) is 5.24. The van der Waals surface area contributed by atoms with Gasteiger partial charge in [-0.1, -0.05) is 30.3 Å². The van der Waals surface area contributed by atoms with Crippen molar-refractivity contribution in [2.24, 2.45) is 0 Å². The van der Waals surface area contributed by atoms with Crippen molar-refractivity contribution in [3.8, 4) is 11.5 Å². The molecule has 0 radical (unpaired) electrons. The highest BCUT2D eigenvalue weighted by atomic mass is 16.6. The first-order valence-electron chi connectivity index (χ1n) is 8.71. The van der Waals surface area contributed by atoms with Gasteiger partial charge in [0, 0.05) is 31.1 Å². The first-order valence-corrected chi connectivity index (χ1v) is 8.71. The summed E-state index contributed by atoms with van der Waals surface area (Å²) in [4.78, 5) is 23.9. The summed E-state index contributed by atoms with van der Waals surface area (Å²) in [5.41, 5.74) is 1.77. The second kappa shape index (κ2) is 8.89. The Balaban J connectivity index is 1.37. The van der Waals surface area contributed by atoms with Crippen molar-refractivity contribution in [3.05, 3.63) is 54.1 Å². The van der Waals surface area contributed by atoms with Gasteiger partial charge in [-0.3, -0.25) is 9.59 Å². The van der Waals surface area contributed by atoms with Crippen LogP contribution in [0.1, 0.15) is 18.4 Å². The van der Waals surface area contributed by atoms with Gasteiger partial charge in [0.25, 0.3) is 0 Å². The highest BCUT2D eigenvalue weighted by Gasteiger charge is 2.13. The normalized spacial score (nSPS) is 12.3. The SMILES string of the molecule is O=C(CCc1ccccc1)NCCC(=O)Nc1ccc2c(c1)OCCO2. The van der Waals surface area contributed by atoms with E-state index in [9.17, 15) is 9.59 Å². The summed E-state index contributed by atoms with van der Waals surface area (Å²) in [7, 11) is 0. The minimum absolute atomic E-state index is 0.0546. The molecule has 0 saturated carbocycles. The number of fused-ring (bicyclic) bond motifs is 1. The fraction of sp³-hybridized carbons (Fsp3) is 0.300. The predicted molar refractivity (Wildman–Crippen MR) is 98.5 cm³/mol. The maximum Gasteiger partial charge on any atom is 0.226 e. The number of ether oxygens (including phenoxy) is 2. The standard InChI is InChI=1S/C20H22N2O4/c23-19(9-6-15-4-2-1-3-5-15)21-11-10-20(24)22-16-7-8-17-18(14-16)26-13-12-25-17/h1-5,7-8,14H,6,9-13H2,(H,21,23)(H,22,24). The zero-order valence-electron chi connectivity index (χ0n) is 14.5. The molecule has 1 heterocycles. The van der Waals surface area contributed by atoms with Gasteiger partial charge in [0.2, 0.25) is 11.8 Å². The number of carbonyl (C=O) groups excluding carboxylic acids is 2. The number of carbonyl (C=O) groups is 2. The molecule has 0 unspecified atom stereocenters. The van der Waals surface area contributed by atoms with Crippen molar-refractivity contribution < 1.29 is 19.1 Å². The molecule has 0 saturated heterocycles. The number of nitrogens with one attached hydrogen (secondary N) is 2. The fourth-order valence-electron chi connectivity index (χ4n) is 2.65. The molecule has 3 rings (SSSR count). The van der Waals surface area contributed by atoms with Crippen molar-refractivity contribution in [1.82, 2.24) is 5.32 Å². The van der Waals surface area contributed by atoms with E-state index in [1.807, 2.05) is 30.3 Å². The van der Waals surface area contributed by atoms with Crippen molar-refractivity contribution >= 4 is 17.5 Å². The van der Waals surface area contributed by atoms with Crippen LogP contribution < -0.4 is 20.1 Å². The molecule has 0 aliphatic carbocycles. The van der Waals surface area contributed by atoms with Gasteiger partial charge in [-0.05, 0) is 24.1 Å². The van der Waals surface area contributed by atoms with Crippen LogP contribution in [-0.4, -0.2) is 31.6 Å². The van der Waals surface area contributed by atoms with E-state index in [1.54, 1.807) is 18.2 Å². The van der Waals surface area contributed by atoms with Crippen LogP contribution in [-0.2, 0) is 16.0 Å². The van der Waals surface area contributed by atoms with Crippen LogP contribution in [0.15, 0.2) is 48.5 Å². The average Bonchev–Trinajstić information content (AvgIpc) is 2.67. The summed E-state index contributed by atoms with van der Waals surface area (Å²) in [6.07, 6.45) is 1.31. The smallest absolute Gasteiger partial charge is 0.226 e. The number of amides is 2. The second-order valence-electron chi connectivity index (χ2n) is 5.99. The van der Waals surface area contributed by atoms with Gasteiger partial charge in [-0.2, -0.15) is 0 Å². The van der Waals surface area contributed by atoms with Crippen LogP contribution in [0.25, 0.3) is 0 Å². The number of hydrogen-bond acceptors (Lipinski definition) is 4. The molecule has 2 aromatic carbocycles. The molecule has 0 spiro atoms. The number of aryl methyl sites for hydroxylation is 1. The van der Waals surface area contributed by atoms with Crippen LogP contribution in [0.2, 0.25) is 0 Å². The summed E-state index contributed by atoms with van der Waals surface area (Å²) in [5, 5.41) is 5.57. The molecule has 0 bridgehead atoms. The predicted octanol–water partition coefficient (Wildman–Crippen LogP) is 2.54. The molecular weight excluding hydrogens is 332 g/mol. The summed E-state index contributed by atoms with van der Waals surface area (Å²) >= 11 is 0. The molecule has 1 aliphatic rings. The molecule has 6 nitrogen and oxygen atoms in total. The first-order chi connectivity index (χ1) is 12.7. The maximum atomic E-state index is 12.0. The zero-order chi connectivity index (χ0) is 18.2. The van der Waals surface area contributed by atoms with Gasteiger partial charge in [0.1, 0.15) is 13.2 Å². The summed E-state index contributed by atoms with van der Waals surface area (Å²) in [5.74, 6) is 1.09. The Kier molecular flexibility index (Phi) is 6.09. The van der Waals surface area contributed by atoms with Gasteiger partial charge >= 0.3 is 0 Å². The summed E-state index contributed by atoms with van der Waals surface area (Å²) < 4.78 is 10.9. The summed E-state index contributed by atoms with van der Waals surface area (Å²) in [6, 6.07) is 15.1. The Hall–Kier alpha value is -3.02. The lowest BCUT2D eigenvalue weighted by molar-refractivity contribution is -0.121. The number of rotatable bonds is 7. The quantitative estimate of drug-likeness (QED) is 0.801. The van der Waals surface area contributed by atoms with Gasteiger partial charge in [0.05, 0.1) is 0 Å². The van der Waals surface area contributed by atoms with Crippen molar-refractivity contribution in [2.45, 2.75) is 19.3 Å². The topological polar surface area (TPSA) is 76.7 Å². The molecule has 26 heavy (non-hydrogen) atoms. The third-order valence-corrected chi connectivity index (χ3v) is 3.98. The average molecular weight is 354 g/mol. The molecule has 0 fully saturated rings. The summed E-state index contributed by atoms with van der Waals surface area (Å²) in [6.45, 7) is 1.34. The maximum absolute atomic E-state index is 12.0. The highest BCUT2D eigenvalue weighted by molar-refractivity contribution is 5.91. The van der Waals surface area contributed by atoms with Gasteiger partial charge < -0.3 is 20.1 Å². The van der Waals surface area contributed by atoms with Crippen molar-refractivity contribution in [2.75, 3.05) is 25.1 Å². The van der Waals surface area contributed by atoms with Crippen LogP contribution in [0.4, 0.5) is 5.69 Å². The van der Waals surface area contributed by atoms with E-state index < -0.39 is 0 Å². The minimum Gasteiger partial charge on any atom is -0.486 e. The van der Waals surface area contributed by atoms with Crippen LogP contribution in [0.5, 0.6) is 11.5 Å². The van der Waals surface area contributed by atoms with E-state index in [1.165, 1.54) is 0 Å². The van der Waals surface area contributed by atoms with E-state index in [4.69, 9.17) is 9.47 Å². The Morgan fingerprint density at radius 2 is 1.65 bits per heavy atom. The van der Waals surface area contributed by atoms with E-state index >= 15 is 0 Å². The largest absolute Gasteiger partial charge is 0.486 e. The van der Waals surface area contributed by atoms with Gasteiger partial charge in [0.15, 0.2) is 11.5 Å². The Morgan fingerprint density at radius 3 is 2.46 bits per heavy atom. The molecule has 1 aliphatic heterocycles. The monoisotopic (exact) mass is 354 g/mol. The molecule has 2 amide bonds. The lowest BCUT2D eigenvalue weighted by atomic mass is 10.1. The Morgan fingerprint density at radius 1 is 0.885 bits per heavy atom. The zero-order valence-corrected chi connectivity index (χ0v) is 14.5. The first kappa shape index (κ1) is 17.8. The van der Waals surface area contributed by atoms with Gasteiger partial charge in [-0.25, -0.2) is 0 Å². The van der Waals surface area contributed by atoms with Crippen LogP contribution in [0, 0.1) is 0 Å². The van der Waals surface area contributed by atoms with E-state index in [-0.39, 0.29) is 18.2 Å². The number of benzene rings is 2. The molecule has 2 aromatic rings. The third-order valence-electron chi connectivity index (χ3n) is 3.98. The van der Waals surface area contributed by atoms with E-state index in [0.29, 0.717) is 49.8 Å².